The average molecular weight is 416 g/mol. The molecule has 0 spiro atoms. The lowest BCUT2D eigenvalue weighted by Gasteiger charge is -2.27. The van der Waals surface area contributed by atoms with E-state index in [9.17, 15) is 0 Å². The maximum atomic E-state index is 6.02. The van der Waals surface area contributed by atoms with Gasteiger partial charge >= 0.3 is 0 Å². The van der Waals surface area contributed by atoms with Gasteiger partial charge in [-0.15, -0.1) is 5.10 Å². The molecule has 4 heterocycles. The fourth-order valence-corrected chi connectivity index (χ4v) is 3.87. The molecule has 4 N–H and O–H groups in total. The Hall–Kier alpha value is -3.59. The Bertz CT molecular complexity index is 1180. The van der Waals surface area contributed by atoms with Crippen LogP contribution >= 0.6 is 0 Å². The van der Waals surface area contributed by atoms with Gasteiger partial charge in [0.15, 0.2) is 5.65 Å². The summed E-state index contributed by atoms with van der Waals surface area (Å²) < 4.78 is 1.82. The van der Waals surface area contributed by atoms with Crippen molar-refractivity contribution in [3.63, 3.8) is 0 Å². The maximum absolute atomic E-state index is 6.02. The first-order chi connectivity index (χ1) is 15.1. The van der Waals surface area contributed by atoms with Crippen LogP contribution in [0, 0.1) is 6.92 Å². The van der Waals surface area contributed by atoms with Crippen molar-refractivity contribution < 1.29 is 0 Å². The van der Waals surface area contributed by atoms with Crippen molar-refractivity contribution in [3.05, 3.63) is 54.6 Å². The van der Waals surface area contributed by atoms with Gasteiger partial charge in [-0.2, -0.15) is 0 Å². The van der Waals surface area contributed by atoms with Gasteiger partial charge in [-0.1, -0.05) is 6.07 Å². The topological polar surface area (TPSA) is 119 Å². The molecule has 9 nitrogen and oxygen atoms in total. The number of imidazole rings is 1. The van der Waals surface area contributed by atoms with Crippen LogP contribution in [0.1, 0.15) is 31.4 Å². The average Bonchev–Trinajstić information content (AvgIpc) is 3.19. The third kappa shape index (κ3) is 4.31. The van der Waals surface area contributed by atoms with E-state index in [2.05, 4.69) is 30.6 Å². The maximum Gasteiger partial charge on any atom is 0.228 e. The molecule has 0 saturated heterocycles. The molecule has 31 heavy (non-hydrogen) atoms. The van der Waals surface area contributed by atoms with E-state index >= 15 is 0 Å². The van der Waals surface area contributed by atoms with Crippen LogP contribution in [0.15, 0.2) is 48.9 Å². The number of hydrogen-bond donors (Lipinski definition) is 3. The number of pyridine rings is 1. The fraction of sp³-hybridized carbons (Fsp3) is 0.318. The van der Waals surface area contributed by atoms with Crippen molar-refractivity contribution in [2.45, 2.75) is 44.7 Å². The predicted octanol–water partition coefficient (Wildman–Crippen LogP) is 3.32. The highest BCUT2D eigenvalue weighted by atomic mass is 15.3. The smallest absolute Gasteiger partial charge is 0.228 e. The standard InChI is InChI=1S/C22H25N9/c1-14-3-2-4-19(27-14)29-22-25-11-15(12-26-22)18-13-24-21-10-9-20(30-31(18)21)28-17-7-5-16(23)6-8-17/h2-4,9-13,16-17H,5-8,23H2,1H3,(H,28,30)(H,25,26,27,29)/t16-,17-. The first-order valence-electron chi connectivity index (χ1n) is 10.5. The predicted molar refractivity (Wildman–Crippen MR) is 120 cm³/mol. The van der Waals surface area contributed by atoms with Gasteiger partial charge < -0.3 is 16.4 Å². The Morgan fingerprint density at radius 3 is 2.52 bits per heavy atom. The molecule has 1 fully saturated rings. The summed E-state index contributed by atoms with van der Waals surface area (Å²) in [5.74, 6) is 2.03. The van der Waals surface area contributed by atoms with Gasteiger partial charge in [0.1, 0.15) is 11.6 Å². The summed E-state index contributed by atoms with van der Waals surface area (Å²) in [6.45, 7) is 1.94. The van der Waals surface area contributed by atoms with Crippen molar-refractivity contribution in [1.82, 2.24) is 29.5 Å². The second-order valence-electron chi connectivity index (χ2n) is 7.97. The first-order valence-corrected chi connectivity index (χ1v) is 10.5. The van der Waals surface area contributed by atoms with Crippen molar-refractivity contribution >= 4 is 23.2 Å². The van der Waals surface area contributed by atoms with Crippen LogP contribution in [0.4, 0.5) is 17.6 Å². The third-order valence-electron chi connectivity index (χ3n) is 5.56. The van der Waals surface area contributed by atoms with Crippen LogP contribution in [-0.2, 0) is 0 Å². The van der Waals surface area contributed by atoms with E-state index < -0.39 is 0 Å². The number of nitrogens with one attached hydrogen (secondary N) is 2. The molecule has 0 amide bonds. The van der Waals surface area contributed by atoms with E-state index in [-0.39, 0.29) is 0 Å². The lowest BCUT2D eigenvalue weighted by atomic mass is 9.92. The van der Waals surface area contributed by atoms with Crippen LogP contribution in [0.2, 0.25) is 0 Å². The summed E-state index contributed by atoms with van der Waals surface area (Å²) in [5, 5.41) is 11.4. The summed E-state index contributed by atoms with van der Waals surface area (Å²) in [5.41, 5.74) is 9.40. The van der Waals surface area contributed by atoms with Crippen LogP contribution in [0.3, 0.4) is 0 Å². The van der Waals surface area contributed by atoms with E-state index in [1.54, 1.807) is 18.6 Å². The van der Waals surface area contributed by atoms with Gasteiger partial charge in [0, 0.05) is 35.7 Å². The highest BCUT2D eigenvalue weighted by molar-refractivity contribution is 5.63. The van der Waals surface area contributed by atoms with Crippen LogP contribution in [0.5, 0.6) is 0 Å². The minimum Gasteiger partial charge on any atom is -0.366 e. The molecule has 9 heteroatoms. The van der Waals surface area contributed by atoms with Crippen LogP contribution < -0.4 is 16.4 Å². The zero-order valence-electron chi connectivity index (χ0n) is 17.4. The van der Waals surface area contributed by atoms with Crippen molar-refractivity contribution in [1.29, 1.82) is 0 Å². The lowest BCUT2D eigenvalue weighted by molar-refractivity contribution is 0.410. The molecule has 1 aliphatic carbocycles. The van der Waals surface area contributed by atoms with Gasteiger partial charge in [0.25, 0.3) is 0 Å². The second kappa shape index (κ2) is 8.27. The van der Waals surface area contributed by atoms with Gasteiger partial charge in [-0.05, 0) is 56.9 Å². The molecular weight excluding hydrogens is 390 g/mol. The van der Waals surface area contributed by atoms with E-state index in [0.717, 1.165) is 54.1 Å². The molecule has 0 bridgehead atoms. The fourth-order valence-electron chi connectivity index (χ4n) is 3.87. The molecule has 4 aromatic rings. The molecule has 0 aromatic carbocycles. The van der Waals surface area contributed by atoms with E-state index in [4.69, 9.17) is 10.8 Å². The summed E-state index contributed by atoms with van der Waals surface area (Å²) in [6, 6.07) is 10.4. The number of aromatic nitrogens is 6. The second-order valence-corrected chi connectivity index (χ2v) is 7.97. The Labute approximate surface area is 180 Å². The van der Waals surface area contributed by atoms with Gasteiger partial charge in [0.05, 0.1) is 11.9 Å². The first kappa shape index (κ1) is 19.4. The molecule has 4 aromatic heterocycles. The number of nitrogens with two attached hydrogens (primary N) is 1. The Morgan fingerprint density at radius 2 is 1.74 bits per heavy atom. The molecule has 5 rings (SSSR count). The summed E-state index contributed by atoms with van der Waals surface area (Å²) in [4.78, 5) is 17.7. The number of nitrogens with zero attached hydrogens (tertiary/aromatic N) is 6. The summed E-state index contributed by atoms with van der Waals surface area (Å²) in [7, 11) is 0. The molecule has 158 valence electrons. The van der Waals surface area contributed by atoms with Crippen molar-refractivity contribution in [2.75, 3.05) is 10.6 Å². The quantitative estimate of drug-likeness (QED) is 0.454. The molecular formula is C22H25N9. The number of anilines is 3. The number of fused-ring (bicyclic) bond motifs is 1. The monoisotopic (exact) mass is 415 g/mol. The molecule has 0 radical (unpaired) electrons. The largest absolute Gasteiger partial charge is 0.366 e. The number of rotatable bonds is 5. The SMILES string of the molecule is Cc1cccc(Nc2ncc(-c3cnc4ccc(N[C@H]5CC[C@H](N)CC5)nn34)cn2)n1. The summed E-state index contributed by atoms with van der Waals surface area (Å²) >= 11 is 0. The van der Waals surface area contributed by atoms with E-state index in [1.165, 1.54) is 0 Å². The van der Waals surface area contributed by atoms with Crippen molar-refractivity contribution in [3.8, 4) is 11.3 Å². The molecule has 1 aliphatic rings. The zero-order valence-corrected chi connectivity index (χ0v) is 17.4. The third-order valence-corrected chi connectivity index (χ3v) is 5.56. The molecule has 0 atom stereocenters. The minimum atomic E-state index is 0.327. The van der Waals surface area contributed by atoms with Crippen LogP contribution in [0.25, 0.3) is 16.9 Å². The Morgan fingerprint density at radius 1 is 0.935 bits per heavy atom. The minimum absolute atomic E-state index is 0.327. The normalized spacial score (nSPS) is 18.8. The Kier molecular flexibility index (Phi) is 5.17. The van der Waals surface area contributed by atoms with Gasteiger partial charge in [0.2, 0.25) is 5.95 Å². The molecule has 0 unspecified atom stereocenters. The lowest BCUT2D eigenvalue weighted by Crippen LogP contribution is -2.33. The molecule has 1 saturated carbocycles. The molecule has 0 aliphatic heterocycles. The van der Waals surface area contributed by atoms with E-state index in [1.807, 2.05) is 41.8 Å². The van der Waals surface area contributed by atoms with E-state index in [0.29, 0.717) is 23.8 Å². The zero-order chi connectivity index (χ0) is 21.2. The van der Waals surface area contributed by atoms with Gasteiger partial charge in [-0.3, -0.25) is 0 Å². The number of aryl methyl sites for hydroxylation is 1. The van der Waals surface area contributed by atoms with Crippen LogP contribution in [-0.4, -0.2) is 41.6 Å². The number of hydrogen-bond acceptors (Lipinski definition) is 8. The summed E-state index contributed by atoms with van der Waals surface area (Å²) in [6.07, 6.45) is 9.54. The Balaban J connectivity index is 1.35. The highest BCUT2D eigenvalue weighted by Gasteiger charge is 2.19. The van der Waals surface area contributed by atoms with Gasteiger partial charge in [-0.25, -0.2) is 24.5 Å². The van der Waals surface area contributed by atoms with Crippen molar-refractivity contribution in [2.24, 2.45) is 5.73 Å². The highest BCUT2D eigenvalue weighted by Crippen LogP contribution is 2.23.